The van der Waals surface area contributed by atoms with E-state index in [1.165, 1.54) is 17.7 Å². The van der Waals surface area contributed by atoms with E-state index in [1.54, 1.807) is 18.4 Å². The van der Waals surface area contributed by atoms with E-state index in [0.29, 0.717) is 6.54 Å². The summed E-state index contributed by atoms with van der Waals surface area (Å²) in [6.07, 6.45) is 2.66. The minimum absolute atomic E-state index is 0.424. The maximum absolute atomic E-state index is 5.37. The molecule has 2 rings (SSSR count). The van der Waals surface area contributed by atoms with Gasteiger partial charge in [0, 0.05) is 42.1 Å². The highest BCUT2D eigenvalue weighted by molar-refractivity contribution is 7.10. The normalized spacial score (nSPS) is 14.6. The van der Waals surface area contributed by atoms with E-state index >= 15 is 0 Å². The van der Waals surface area contributed by atoms with Crippen LogP contribution in [0.3, 0.4) is 0 Å². The van der Waals surface area contributed by atoms with Crippen molar-refractivity contribution in [2.24, 2.45) is 5.73 Å². The number of ether oxygens (including phenoxy) is 1. The third-order valence-electron chi connectivity index (χ3n) is 2.99. The Bertz CT molecular complexity index is 428. The highest BCUT2D eigenvalue weighted by atomic mass is 32.1. The van der Waals surface area contributed by atoms with Crippen molar-refractivity contribution in [3.8, 4) is 11.8 Å². The van der Waals surface area contributed by atoms with Crippen LogP contribution in [0.15, 0.2) is 11.4 Å². The minimum atomic E-state index is 0.424. The Hall–Kier alpha value is -0.860. The van der Waals surface area contributed by atoms with Gasteiger partial charge in [-0.05, 0) is 18.9 Å². The van der Waals surface area contributed by atoms with Crippen LogP contribution in [-0.4, -0.2) is 37.7 Å². The molecule has 0 spiro atoms. The zero-order valence-electron chi connectivity index (χ0n) is 10.8. The maximum Gasteiger partial charge on any atom is 0.0589 e. The highest BCUT2D eigenvalue weighted by Crippen LogP contribution is 2.29. The maximum atomic E-state index is 5.37. The van der Waals surface area contributed by atoms with Crippen molar-refractivity contribution in [2.75, 3.05) is 26.8 Å². The van der Waals surface area contributed by atoms with Crippen LogP contribution < -0.4 is 5.73 Å². The second-order valence-corrected chi connectivity index (χ2v) is 5.50. The molecule has 0 aliphatic heterocycles. The number of thiophene rings is 1. The summed E-state index contributed by atoms with van der Waals surface area (Å²) in [5.74, 6) is 5.97. The van der Waals surface area contributed by atoms with Crippen molar-refractivity contribution in [1.82, 2.24) is 4.90 Å². The summed E-state index contributed by atoms with van der Waals surface area (Å²) in [6, 6.07) is 2.94. The first kappa shape index (κ1) is 13.6. The molecule has 0 amide bonds. The average molecular weight is 264 g/mol. The third-order valence-corrected chi connectivity index (χ3v) is 3.91. The van der Waals surface area contributed by atoms with Crippen molar-refractivity contribution in [2.45, 2.75) is 25.4 Å². The Morgan fingerprint density at radius 3 is 3.06 bits per heavy atom. The highest BCUT2D eigenvalue weighted by Gasteiger charge is 2.28. The number of hydrogen-bond donors (Lipinski definition) is 1. The molecule has 4 heteroatoms. The van der Waals surface area contributed by atoms with Gasteiger partial charge in [-0.1, -0.05) is 11.8 Å². The molecule has 1 heterocycles. The summed E-state index contributed by atoms with van der Waals surface area (Å²) >= 11 is 1.78. The molecule has 1 aliphatic carbocycles. The molecule has 0 unspecified atom stereocenters. The van der Waals surface area contributed by atoms with Gasteiger partial charge in [-0.15, -0.1) is 11.3 Å². The SMILES string of the molecule is COCCN(Cc1cc(C#CCN)cs1)C1CC1. The molecule has 2 N–H and O–H groups in total. The van der Waals surface area contributed by atoms with E-state index < -0.39 is 0 Å². The molecular weight excluding hydrogens is 244 g/mol. The summed E-state index contributed by atoms with van der Waals surface area (Å²) < 4.78 is 5.17. The van der Waals surface area contributed by atoms with E-state index in [4.69, 9.17) is 10.5 Å². The second kappa shape index (κ2) is 6.91. The number of nitrogens with two attached hydrogens (primary N) is 1. The number of nitrogens with zero attached hydrogens (tertiary/aromatic N) is 1. The van der Waals surface area contributed by atoms with Gasteiger partial charge in [0.15, 0.2) is 0 Å². The van der Waals surface area contributed by atoms with Crippen LogP contribution in [0.25, 0.3) is 0 Å². The third kappa shape index (κ3) is 4.11. The summed E-state index contributed by atoms with van der Waals surface area (Å²) in [7, 11) is 1.76. The van der Waals surface area contributed by atoms with Crippen molar-refractivity contribution in [1.29, 1.82) is 0 Å². The lowest BCUT2D eigenvalue weighted by atomic mass is 10.3. The van der Waals surface area contributed by atoms with Crippen molar-refractivity contribution < 1.29 is 4.74 Å². The Balaban J connectivity index is 1.91. The van der Waals surface area contributed by atoms with Crippen LogP contribution in [-0.2, 0) is 11.3 Å². The van der Waals surface area contributed by atoms with Gasteiger partial charge in [0.25, 0.3) is 0 Å². The van der Waals surface area contributed by atoms with Gasteiger partial charge in [-0.2, -0.15) is 0 Å². The standard InChI is InChI=1S/C14H20N2OS/c1-17-8-7-16(13-4-5-13)10-14-9-12(11-18-14)3-2-6-15/h9,11,13H,4-8,10,15H2,1H3. The fourth-order valence-electron chi connectivity index (χ4n) is 1.92. The number of hydrogen-bond acceptors (Lipinski definition) is 4. The van der Waals surface area contributed by atoms with Crippen LogP contribution in [0.1, 0.15) is 23.3 Å². The molecule has 3 nitrogen and oxygen atoms in total. The molecule has 0 aromatic carbocycles. The predicted molar refractivity (Wildman–Crippen MR) is 75.6 cm³/mol. The average Bonchev–Trinajstić information content (AvgIpc) is 3.13. The van der Waals surface area contributed by atoms with Crippen LogP contribution in [0.4, 0.5) is 0 Å². The first-order chi connectivity index (χ1) is 8.83. The predicted octanol–water partition coefficient (Wildman–Crippen LogP) is 1.67. The van der Waals surface area contributed by atoms with Crippen molar-refractivity contribution in [3.05, 3.63) is 21.9 Å². The van der Waals surface area contributed by atoms with E-state index in [0.717, 1.165) is 31.3 Å². The Morgan fingerprint density at radius 2 is 2.39 bits per heavy atom. The molecule has 0 saturated heterocycles. The van der Waals surface area contributed by atoms with Gasteiger partial charge >= 0.3 is 0 Å². The largest absolute Gasteiger partial charge is 0.383 e. The van der Waals surface area contributed by atoms with Gasteiger partial charge < -0.3 is 10.5 Å². The lowest BCUT2D eigenvalue weighted by molar-refractivity contribution is 0.140. The Morgan fingerprint density at radius 1 is 1.56 bits per heavy atom. The lowest BCUT2D eigenvalue weighted by Crippen LogP contribution is -2.28. The van der Waals surface area contributed by atoms with Gasteiger partial charge in [0.1, 0.15) is 0 Å². The summed E-state index contributed by atoms with van der Waals surface area (Å²) in [6.45, 7) is 3.26. The van der Waals surface area contributed by atoms with Crippen LogP contribution in [0, 0.1) is 11.8 Å². The number of methoxy groups -OCH3 is 1. The Labute approximate surface area is 113 Å². The summed E-state index contributed by atoms with van der Waals surface area (Å²) in [5.41, 5.74) is 6.46. The van der Waals surface area contributed by atoms with Crippen LogP contribution in [0.2, 0.25) is 0 Å². The fraction of sp³-hybridized carbons (Fsp3) is 0.571. The molecule has 0 atom stereocenters. The number of rotatable bonds is 6. The minimum Gasteiger partial charge on any atom is -0.383 e. The zero-order valence-corrected chi connectivity index (χ0v) is 11.6. The van der Waals surface area contributed by atoms with Crippen LogP contribution >= 0.6 is 11.3 Å². The zero-order chi connectivity index (χ0) is 12.8. The monoisotopic (exact) mass is 264 g/mol. The van der Waals surface area contributed by atoms with Crippen molar-refractivity contribution >= 4 is 11.3 Å². The van der Waals surface area contributed by atoms with Gasteiger partial charge in [-0.25, -0.2) is 0 Å². The molecule has 0 radical (unpaired) electrons. The smallest absolute Gasteiger partial charge is 0.0589 e. The first-order valence-electron chi connectivity index (χ1n) is 6.33. The molecule has 0 bridgehead atoms. The topological polar surface area (TPSA) is 38.5 Å². The van der Waals surface area contributed by atoms with E-state index in [2.05, 4.69) is 28.2 Å². The lowest BCUT2D eigenvalue weighted by Gasteiger charge is -2.20. The van der Waals surface area contributed by atoms with Gasteiger partial charge in [0.05, 0.1) is 13.2 Å². The molecule has 1 saturated carbocycles. The van der Waals surface area contributed by atoms with E-state index in [-0.39, 0.29) is 0 Å². The first-order valence-corrected chi connectivity index (χ1v) is 7.20. The molecule has 1 aromatic heterocycles. The van der Waals surface area contributed by atoms with Gasteiger partial charge in [-0.3, -0.25) is 4.90 Å². The molecular formula is C14H20N2OS. The van der Waals surface area contributed by atoms with Crippen molar-refractivity contribution in [3.63, 3.8) is 0 Å². The Kier molecular flexibility index (Phi) is 5.21. The molecule has 18 heavy (non-hydrogen) atoms. The van der Waals surface area contributed by atoms with E-state index in [1.807, 2.05) is 0 Å². The van der Waals surface area contributed by atoms with Gasteiger partial charge in [0.2, 0.25) is 0 Å². The van der Waals surface area contributed by atoms with E-state index in [9.17, 15) is 0 Å². The molecule has 1 fully saturated rings. The fourth-order valence-corrected chi connectivity index (χ4v) is 2.76. The molecule has 98 valence electrons. The summed E-state index contributed by atoms with van der Waals surface area (Å²) in [5, 5.41) is 2.11. The second-order valence-electron chi connectivity index (χ2n) is 4.50. The molecule has 1 aliphatic rings. The summed E-state index contributed by atoms with van der Waals surface area (Å²) in [4.78, 5) is 3.88. The molecule has 1 aromatic rings. The van der Waals surface area contributed by atoms with Crippen LogP contribution in [0.5, 0.6) is 0 Å². The quantitative estimate of drug-likeness (QED) is 0.794.